The van der Waals surface area contributed by atoms with Crippen LogP contribution in [0.4, 0.5) is 0 Å². The van der Waals surface area contributed by atoms with E-state index in [0.717, 1.165) is 13.1 Å². The fourth-order valence-corrected chi connectivity index (χ4v) is 1.09. The average molecular weight is 134 g/mol. The summed E-state index contributed by atoms with van der Waals surface area (Å²) in [6, 6.07) is 0. The predicted octanol–water partition coefficient (Wildman–Crippen LogP) is 1.22. The Kier molecular flexibility index (Phi) is 1.50. The molecule has 0 aromatic carbocycles. The minimum atomic E-state index is 0.307. The summed E-state index contributed by atoms with van der Waals surface area (Å²) < 4.78 is 0. The van der Waals surface area contributed by atoms with Gasteiger partial charge in [-0.3, -0.25) is 0 Å². The molecule has 2 heteroatoms. The van der Waals surface area contributed by atoms with Gasteiger partial charge < -0.3 is 5.32 Å². The van der Waals surface area contributed by atoms with Gasteiger partial charge in [-0.05, 0) is 5.41 Å². The molecular weight excluding hydrogens is 122 g/mol. The second-order valence-corrected chi connectivity index (χ2v) is 3.61. The van der Waals surface area contributed by atoms with Crippen molar-refractivity contribution in [3.8, 4) is 0 Å². The van der Waals surface area contributed by atoms with Crippen LogP contribution in [0.5, 0.6) is 0 Å². The van der Waals surface area contributed by atoms with Gasteiger partial charge in [-0.15, -0.1) is 11.6 Å². The van der Waals surface area contributed by atoms with Crippen molar-refractivity contribution >= 4 is 11.6 Å². The largest absolute Gasteiger partial charge is 0.315 e. The van der Waals surface area contributed by atoms with E-state index >= 15 is 0 Å². The fourth-order valence-electron chi connectivity index (χ4n) is 0.908. The van der Waals surface area contributed by atoms with Crippen molar-refractivity contribution in [1.82, 2.24) is 5.32 Å². The Morgan fingerprint density at radius 2 is 2.25 bits per heavy atom. The molecule has 0 bridgehead atoms. The Labute approximate surface area is 55.4 Å². The van der Waals surface area contributed by atoms with E-state index in [2.05, 4.69) is 19.2 Å². The minimum Gasteiger partial charge on any atom is -0.315 e. The van der Waals surface area contributed by atoms with Gasteiger partial charge in [-0.1, -0.05) is 13.8 Å². The molecular formula is C6H12ClN. The molecule has 0 radical (unpaired) electrons. The summed E-state index contributed by atoms with van der Waals surface area (Å²) in [4.78, 5) is 0. The Balaban J connectivity index is 2.54. The maximum Gasteiger partial charge on any atom is 0.0523 e. The molecule has 0 saturated carbocycles. The first-order chi connectivity index (χ1) is 3.63. The van der Waals surface area contributed by atoms with Gasteiger partial charge in [0.2, 0.25) is 0 Å². The third kappa shape index (κ3) is 0.981. The van der Waals surface area contributed by atoms with Crippen LogP contribution in [0.3, 0.4) is 0 Å². The number of nitrogens with one attached hydrogen (secondary N) is 1. The highest BCUT2D eigenvalue weighted by Crippen LogP contribution is 2.27. The van der Waals surface area contributed by atoms with Crippen LogP contribution in [0.15, 0.2) is 0 Å². The lowest BCUT2D eigenvalue weighted by molar-refractivity contribution is 0.419. The van der Waals surface area contributed by atoms with Crippen molar-refractivity contribution in [1.29, 1.82) is 0 Å². The van der Waals surface area contributed by atoms with Gasteiger partial charge in [0, 0.05) is 13.1 Å². The van der Waals surface area contributed by atoms with Crippen LogP contribution in [-0.2, 0) is 0 Å². The molecule has 1 aliphatic heterocycles. The zero-order valence-corrected chi connectivity index (χ0v) is 6.13. The van der Waals surface area contributed by atoms with E-state index in [0.29, 0.717) is 10.8 Å². The predicted molar refractivity (Wildman–Crippen MR) is 36.3 cm³/mol. The van der Waals surface area contributed by atoms with E-state index in [1.165, 1.54) is 0 Å². The zero-order chi connectivity index (χ0) is 6.20. The van der Waals surface area contributed by atoms with Crippen LogP contribution in [0.2, 0.25) is 0 Å². The third-order valence-corrected chi connectivity index (χ3v) is 2.50. The molecule has 1 nitrogen and oxygen atoms in total. The topological polar surface area (TPSA) is 12.0 Å². The van der Waals surface area contributed by atoms with Gasteiger partial charge in [-0.25, -0.2) is 0 Å². The normalized spacial score (nSPS) is 35.6. The van der Waals surface area contributed by atoms with E-state index in [-0.39, 0.29) is 0 Å². The molecule has 0 spiro atoms. The van der Waals surface area contributed by atoms with E-state index in [9.17, 15) is 0 Å². The first-order valence-electron chi connectivity index (χ1n) is 2.98. The Morgan fingerprint density at radius 3 is 2.38 bits per heavy atom. The van der Waals surface area contributed by atoms with Crippen LogP contribution < -0.4 is 5.32 Å². The van der Waals surface area contributed by atoms with Crippen LogP contribution in [0.25, 0.3) is 0 Å². The number of hydrogen-bond donors (Lipinski definition) is 1. The lowest BCUT2D eigenvalue weighted by atomic mass is 9.93. The summed E-state index contributed by atoms with van der Waals surface area (Å²) >= 11 is 5.94. The molecule has 0 aliphatic carbocycles. The monoisotopic (exact) mass is 133 g/mol. The van der Waals surface area contributed by atoms with Gasteiger partial charge in [-0.2, -0.15) is 0 Å². The maximum atomic E-state index is 5.94. The van der Waals surface area contributed by atoms with Crippen molar-refractivity contribution in [3.63, 3.8) is 0 Å². The zero-order valence-electron chi connectivity index (χ0n) is 5.37. The smallest absolute Gasteiger partial charge is 0.0523 e. The first kappa shape index (κ1) is 6.37. The molecule has 48 valence electrons. The van der Waals surface area contributed by atoms with Gasteiger partial charge >= 0.3 is 0 Å². The van der Waals surface area contributed by atoms with E-state index in [1.54, 1.807) is 0 Å². The summed E-state index contributed by atoms with van der Waals surface area (Å²) in [5.74, 6) is 0. The summed E-state index contributed by atoms with van der Waals surface area (Å²) in [5, 5.41) is 3.55. The van der Waals surface area contributed by atoms with Crippen LogP contribution in [0, 0.1) is 5.41 Å². The quantitative estimate of drug-likeness (QED) is 0.490. The molecule has 1 unspecified atom stereocenters. The number of rotatable bonds is 0. The van der Waals surface area contributed by atoms with Crippen molar-refractivity contribution in [2.75, 3.05) is 13.1 Å². The van der Waals surface area contributed by atoms with Crippen LogP contribution >= 0.6 is 11.6 Å². The standard InChI is InChI=1S/C6H12ClN/c1-6(2)4-8-3-5(6)7/h5,8H,3-4H2,1-2H3. The second-order valence-electron chi connectivity index (χ2n) is 3.09. The second kappa shape index (κ2) is 1.89. The molecule has 1 saturated heterocycles. The van der Waals surface area contributed by atoms with Crippen LogP contribution in [-0.4, -0.2) is 18.5 Å². The number of hydrogen-bond acceptors (Lipinski definition) is 1. The molecule has 1 fully saturated rings. The van der Waals surface area contributed by atoms with Gasteiger partial charge in [0.25, 0.3) is 0 Å². The van der Waals surface area contributed by atoms with E-state index in [4.69, 9.17) is 11.6 Å². The fraction of sp³-hybridized carbons (Fsp3) is 1.00. The Hall–Kier alpha value is 0.250. The van der Waals surface area contributed by atoms with Crippen molar-refractivity contribution in [2.45, 2.75) is 19.2 Å². The summed E-state index contributed by atoms with van der Waals surface area (Å²) in [5.41, 5.74) is 0.307. The molecule has 1 N–H and O–H groups in total. The molecule has 0 aromatic rings. The number of alkyl halides is 1. The Bertz CT molecular complexity index is 90.5. The highest BCUT2D eigenvalue weighted by Gasteiger charge is 2.32. The van der Waals surface area contributed by atoms with Crippen molar-refractivity contribution < 1.29 is 0 Å². The highest BCUT2D eigenvalue weighted by atomic mass is 35.5. The third-order valence-electron chi connectivity index (χ3n) is 1.75. The molecule has 1 heterocycles. The molecule has 1 atom stereocenters. The molecule has 8 heavy (non-hydrogen) atoms. The summed E-state index contributed by atoms with van der Waals surface area (Å²) in [7, 11) is 0. The average Bonchev–Trinajstić information content (AvgIpc) is 1.86. The lowest BCUT2D eigenvalue weighted by Gasteiger charge is -2.18. The van der Waals surface area contributed by atoms with E-state index < -0.39 is 0 Å². The van der Waals surface area contributed by atoms with Crippen LogP contribution in [0.1, 0.15) is 13.8 Å². The van der Waals surface area contributed by atoms with E-state index in [1.807, 2.05) is 0 Å². The molecule has 0 amide bonds. The maximum absolute atomic E-state index is 5.94. The van der Waals surface area contributed by atoms with Gasteiger partial charge in [0.05, 0.1) is 5.38 Å². The summed E-state index contributed by atoms with van der Waals surface area (Å²) in [6.07, 6.45) is 0. The summed E-state index contributed by atoms with van der Waals surface area (Å²) in [6.45, 7) is 6.39. The Morgan fingerprint density at radius 1 is 1.62 bits per heavy atom. The lowest BCUT2D eigenvalue weighted by Crippen LogP contribution is -2.21. The highest BCUT2D eigenvalue weighted by molar-refractivity contribution is 6.21. The van der Waals surface area contributed by atoms with Gasteiger partial charge in [0.1, 0.15) is 0 Å². The first-order valence-corrected chi connectivity index (χ1v) is 3.41. The molecule has 1 aliphatic rings. The van der Waals surface area contributed by atoms with Crippen molar-refractivity contribution in [2.24, 2.45) is 5.41 Å². The minimum absolute atomic E-state index is 0.307. The van der Waals surface area contributed by atoms with Gasteiger partial charge in [0.15, 0.2) is 0 Å². The SMILES string of the molecule is CC1(C)CNCC1Cl. The molecule has 0 aromatic heterocycles. The number of halogens is 1. The molecule has 1 rings (SSSR count). The van der Waals surface area contributed by atoms with Crippen molar-refractivity contribution in [3.05, 3.63) is 0 Å².